The topological polar surface area (TPSA) is 98.5 Å². The van der Waals surface area contributed by atoms with Crippen molar-refractivity contribution in [3.8, 4) is 0 Å². The first-order valence-electron chi connectivity index (χ1n) is 7.09. The van der Waals surface area contributed by atoms with Crippen LogP contribution in [0.2, 0.25) is 0 Å². The summed E-state index contributed by atoms with van der Waals surface area (Å²) < 4.78 is 31.5. The molecule has 8 heteroatoms. The summed E-state index contributed by atoms with van der Waals surface area (Å²) in [6.45, 7) is 2.13. The van der Waals surface area contributed by atoms with Gasteiger partial charge in [0.1, 0.15) is 0 Å². The van der Waals surface area contributed by atoms with E-state index in [4.69, 9.17) is 18.0 Å². The van der Waals surface area contributed by atoms with E-state index in [1.54, 1.807) is 0 Å². The zero-order chi connectivity index (χ0) is 16.1. The van der Waals surface area contributed by atoms with E-state index in [0.717, 1.165) is 12.8 Å². The van der Waals surface area contributed by atoms with E-state index in [2.05, 4.69) is 16.4 Å². The second-order valence-electron chi connectivity index (χ2n) is 5.73. The van der Waals surface area contributed by atoms with Gasteiger partial charge in [-0.25, -0.2) is 13.1 Å². The molecule has 0 radical (unpaired) electrons. The molecule has 3 N–H and O–H groups in total. The average Bonchev–Trinajstić information content (AvgIpc) is 2.40. The van der Waals surface area contributed by atoms with Crippen molar-refractivity contribution >= 4 is 33.2 Å². The molecule has 0 saturated heterocycles. The maximum Gasteiger partial charge on any atom is 0.305 e. The van der Waals surface area contributed by atoms with Crippen LogP contribution in [0.25, 0.3) is 0 Å². The first-order chi connectivity index (χ1) is 9.71. The van der Waals surface area contributed by atoms with E-state index in [9.17, 15) is 13.2 Å². The number of thiocarbonyl (C=S) groups is 1. The van der Waals surface area contributed by atoms with Gasteiger partial charge in [-0.2, -0.15) is 0 Å². The quantitative estimate of drug-likeness (QED) is 0.533. The molecule has 1 saturated carbocycles. The summed E-state index contributed by atoms with van der Waals surface area (Å²) in [5, 5.41) is 0. The highest BCUT2D eigenvalue weighted by molar-refractivity contribution is 7.89. The third-order valence-corrected chi connectivity index (χ3v) is 5.89. The highest BCUT2D eigenvalue weighted by Gasteiger charge is 2.40. The van der Waals surface area contributed by atoms with Gasteiger partial charge in [0, 0.05) is 6.42 Å². The Hall–Kier alpha value is -0.730. The molecule has 0 bridgehead atoms. The molecule has 122 valence electrons. The van der Waals surface area contributed by atoms with Gasteiger partial charge in [0.15, 0.2) is 0 Å². The van der Waals surface area contributed by atoms with Crippen molar-refractivity contribution in [3.63, 3.8) is 0 Å². The van der Waals surface area contributed by atoms with Crippen molar-refractivity contribution in [2.75, 3.05) is 12.9 Å². The van der Waals surface area contributed by atoms with Crippen molar-refractivity contribution in [2.45, 2.75) is 51.0 Å². The predicted octanol–water partition coefficient (Wildman–Crippen LogP) is 1.09. The lowest BCUT2D eigenvalue weighted by Crippen LogP contribution is -2.58. The predicted molar refractivity (Wildman–Crippen MR) is 85.3 cm³/mol. The van der Waals surface area contributed by atoms with Crippen LogP contribution < -0.4 is 10.5 Å². The van der Waals surface area contributed by atoms with Crippen LogP contribution in [0, 0.1) is 5.92 Å². The van der Waals surface area contributed by atoms with Gasteiger partial charge in [0.05, 0.1) is 23.4 Å². The fourth-order valence-corrected chi connectivity index (χ4v) is 4.37. The summed E-state index contributed by atoms with van der Waals surface area (Å²) in [6.07, 6.45) is 3.32. The van der Waals surface area contributed by atoms with E-state index in [-0.39, 0.29) is 23.6 Å². The van der Waals surface area contributed by atoms with Crippen LogP contribution in [0.4, 0.5) is 0 Å². The van der Waals surface area contributed by atoms with Crippen LogP contribution in [-0.2, 0) is 19.6 Å². The molecule has 0 heterocycles. The van der Waals surface area contributed by atoms with Gasteiger partial charge in [-0.05, 0) is 38.0 Å². The number of esters is 1. The minimum atomic E-state index is -3.53. The Morgan fingerprint density at radius 2 is 2.00 bits per heavy atom. The number of methoxy groups -OCH3 is 1. The first-order valence-corrected chi connectivity index (χ1v) is 9.15. The number of hydrogen-bond acceptors (Lipinski definition) is 5. The lowest BCUT2D eigenvalue weighted by Gasteiger charge is -2.38. The molecule has 6 nitrogen and oxygen atoms in total. The molecule has 0 aliphatic heterocycles. The van der Waals surface area contributed by atoms with E-state index < -0.39 is 21.5 Å². The minimum absolute atomic E-state index is 0.0779. The van der Waals surface area contributed by atoms with Gasteiger partial charge in [-0.15, -0.1) is 0 Å². The summed E-state index contributed by atoms with van der Waals surface area (Å²) >= 11 is 5.08. The lowest BCUT2D eigenvalue weighted by atomic mass is 9.78. The van der Waals surface area contributed by atoms with E-state index in [1.807, 2.05) is 0 Å². The Bertz CT molecular complexity index is 482. The van der Waals surface area contributed by atoms with Crippen LogP contribution in [0.3, 0.4) is 0 Å². The van der Waals surface area contributed by atoms with Gasteiger partial charge < -0.3 is 10.5 Å². The number of carbonyl (C=O) groups is 1. The fourth-order valence-electron chi connectivity index (χ4n) is 2.51. The summed E-state index contributed by atoms with van der Waals surface area (Å²) in [5.41, 5.74) is 4.97. The highest BCUT2D eigenvalue weighted by Crippen LogP contribution is 2.32. The number of carbonyl (C=O) groups excluding carboxylic acids is 1. The van der Waals surface area contributed by atoms with Gasteiger partial charge in [0.25, 0.3) is 0 Å². The van der Waals surface area contributed by atoms with Crippen LogP contribution >= 0.6 is 12.2 Å². The Morgan fingerprint density at radius 1 is 1.43 bits per heavy atom. The number of nitrogens with two attached hydrogens (primary N) is 1. The third-order valence-electron chi connectivity index (χ3n) is 3.97. The number of ether oxygens (including phenoxy) is 1. The second-order valence-corrected chi connectivity index (χ2v) is 8.01. The molecule has 1 aliphatic rings. The van der Waals surface area contributed by atoms with Crippen molar-refractivity contribution < 1.29 is 17.9 Å². The molecule has 21 heavy (non-hydrogen) atoms. The summed E-state index contributed by atoms with van der Waals surface area (Å²) in [5.74, 6) is -0.000727. The number of sulfonamides is 1. The van der Waals surface area contributed by atoms with Crippen LogP contribution in [0.15, 0.2) is 0 Å². The molecule has 0 aromatic carbocycles. The monoisotopic (exact) mass is 336 g/mol. The molecule has 0 unspecified atom stereocenters. The highest BCUT2D eigenvalue weighted by atomic mass is 32.2. The van der Waals surface area contributed by atoms with E-state index in [1.165, 1.54) is 7.11 Å². The van der Waals surface area contributed by atoms with Crippen molar-refractivity contribution in [3.05, 3.63) is 0 Å². The normalized spacial score (nSPS) is 26.3. The maximum atomic E-state index is 12.2. The van der Waals surface area contributed by atoms with E-state index in [0.29, 0.717) is 18.8 Å². The van der Waals surface area contributed by atoms with E-state index >= 15 is 0 Å². The summed E-state index contributed by atoms with van der Waals surface area (Å²) in [4.78, 5) is 11.2. The Kier molecular flexibility index (Phi) is 6.55. The van der Waals surface area contributed by atoms with Gasteiger partial charge >= 0.3 is 5.97 Å². The molecule has 0 atom stereocenters. The zero-order valence-corrected chi connectivity index (χ0v) is 14.2. The SMILES string of the molecule is COC(=O)CCCS(=O)(=O)NC1(C(N)=S)CCC(C)CC1. The van der Waals surface area contributed by atoms with Crippen molar-refractivity contribution in [1.82, 2.24) is 4.72 Å². The number of hydrogen-bond donors (Lipinski definition) is 2. The van der Waals surface area contributed by atoms with Crippen LogP contribution in [0.5, 0.6) is 0 Å². The zero-order valence-electron chi connectivity index (χ0n) is 12.6. The first kappa shape index (κ1) is 18.3. The largest absolute Gasteiger partial charge is 0.469 e. The molecule has 0 aromatic rings. The number of nitrogens with one attached hydrogen (secondary N) is 1. The molecule has 1 fully saturated rings. The summed E-state index contributed by atoms with van der Waals surface area (Å²) in [7, 11) is -2.25. The second kappa shape index (κ2) is 7.51. The Morgan fingerprint density at radius 3 is 2.48 bits per heavy atom. The molecule has 0 spiro atoms. The molecule has 1 aliphatic carbocycles. The molecule has 0 aromatic heterocycles. The van der Waals surface area contributed by atoms with Gasteiger partial charge in [0.2, 0.25) is 10.0 Å². The van der Waals surface area contributed by atoms with Crippen molar-refractivity contribution in [2.24, 2.45) is 11.7 Å². The Labute approximate surface area is 131 Å². The maximum absolute atomic E-state index is 12.2. The lowest BCUT2D eigenvalue weighted by molar-refractivity contribution is -0.140. The minimum Gasteiger partial charge on any atom is -0.469 e. The molecular formula is C13H24N2O4S2. The smallest absolute Gasteiger partial charge is 0.305 e. The fraction of sp³-hybridized carbons (Fsp3) is 0.846. The molecule has 1 rings (SSSR count). The van der Waals surface area contributed by atoms with Gasteiger partial charge in [-0.1, -0.05) is 19.1 Å². The average molecular weight is 336 g/mol. The summed E-state index contributed by atoms with van der Waals surface area (Å²) in [6, 6.07) is 0. The third kappa shape index (κ3) is 5.52. The molecule has 0 amide bonds. The van der Waals surface area contributed by atoms with Crippen LogP contribution in [0.1, 0.15) is 45.4 Å². The Balaban J connectivity index is 2.66. The molecular weight excluding hydrogens is 312 g/mol. The van der Waals surface area contributed by atoms with Gasteiger partial charge in [-0.3, -0.25) is 4.79 Å². The van der Waals surface area contributed by atoms with Crippen molar-refractivity contribution in [1.29, 1.82) is 0 Å². The number of rotatable bonds is 7. The van der Waals surface area contributed by atoms with Crippen LogP contribution in [-0.4, -0.2) is 37.8 Å². The standard InChI is InChI=1S/C13H24N2O4S2/c1-10-5-7-13(8-6-10,12(14)20)15-21(17,18)9-3-4-11(16)19-2/h10,15H,3-9H2,1-2H3,(H2,14,20).